The molecule has 0 unspecified atom stereocenters. The van der Waals surface area contributed by atoms with Crippen molar-refractivity contribution < 1.29 is 41.4 Å². The number of hydroxylamine groups is 1. The Kier molecular flexibility index (Phi) is 9.65. The van der Waals surface area contributed by atoms with Crippen molar-refractivity contribution in [3.05, 3.63) is 56.4 Å². The van der Waals surface area contributed by atoms with Gasteiger partial charge in [0.1, 0.15) is 5.82 Å². The van der Waals surface area contributed by atoms with Gasteiger partial charge in [0.05, 0.1) is 42.5 Å². The molecule has 0 radical (unpaired) electrons. The number of hydrogen-bond acceptors (Lipinski definition) is 7. The minimum absolute atomic E-state index is 0.245. The van der Waals surface area contributed by atoms with E-state index in [2.05, 4.69) is 5.32 Å². The van der Waals surface area contributed by atoms with Gasteiger partial charge in [0.2, 0.25) is 10.0 Å². The topological polar surface area (TPSA) is 137 Å². The van der Waals surface area contributed by atoms with Gasteiger partial charge in [-0.25, -0.2) is 31.8 Å². The molecule has 0 aliphatic rings. The largest absolute Gasteiger partial charge is 0.395 e. The number of halogens is 4. The van der Waals surface area contributed by atoms with Crippen LogP contribution >= 0.6 is 22.6 Å². The van der Waals surface area contributed by atoms with Gasteiger partial charge in [0.15, 0.2) is 11.6 Å². The molecule has 0 aliphatic carbocycles. The Morgan fingerprint density at radius 3 is 2.44 bits per heavy atom. The molecule has 0 atom stereocenters. The molecule has 5 N–H and O–H groups in total. The van der Waals surface area contributed by atoms with Gasteiger partial charge < -0.3 is 15.5 Å². The number of carbonyl (C=O) groups is 1. The maximum absolute atomic E-state index is 14.9. The van der Waals surface area contributed by atoms with Crippen molar-refractivity contribution in [1.29, 1.82) is 0 Å². The van der Waals surface area contributed by atoms with E-state index < -0.39 is 75.7 Å². The number of aliphatic hydroxyl groups is 2. The summed E-state index contributed by atoms with van der Waals surface area (Å²) in [5.74, 6) is -5.55. The first-order valence-corrected chi connectivity index (χ1v) is 11.7. The standard InChI is InChI=1S/C18H19F3IN3O6S/c19-13-8-11(22)1-2-14(13)24-17-12(18(28)25-31-5-3-26)7-10(15(20)16(17)21)9-23-32(29,30)6-4-27/h1-2,7-8,23-24,26-27H,3-6,9H2,(H,25,28). The van der Waals surface area contributed by atoms with E-state index in [0.717, 1.165) is 12.1 Å². The summed E-state index contributed by atoms with van der Waals surface area (Å²) in [7, 11) is -3.99. The predicted molar refractivity (Wildman–Crippen MR) is 117 cm³/mol. The van der Waals surface area contributed by atoms with Crippen LogP contribution in [-0.2, 0) is 21.4 Å². The molecule has 0 saturated carbocycles. The van der Waals surface area contributed by atoms with Crippen molar-refractivity contribution >= 4 is 49.9 Å². The maximum atomic E-state index is 14.9. The first-order valence-electron chi connectivity index (χ1n) is 8.93. The maximum Gasteiger partial charge on any atom is 0.277 e. The predicted octanol–water partition coefficient (Wildman–Crippen LogP) is 1.52. The molecule has 2 aromatic rings. The average Bonchev–Trinajstić information content (AvgIpc) is 2.72. The first-order chi connectivity index (χ1) is 15.1. The Morgan fingerprint density at radius 2 is 1.81 bits per heavy atom. The van der Waals surface area contributed by atoms with Gasteiger partial charge in [-0.2, -0.15) is 0 Å². The molecule has 14 heteroatoms. The van der Waals surface area contributed by atoms with Crippen LogP contribution in [0.3, 0.4) is 0 Å². The lowest BCUT2D eigenvalue weighted by molar-refractivity contribution is 0.0168. The smallest absolute Gasteiger partial charge is 0.277 e. The number of benzene rings is 2. The molecule has 1 amide bonds. The van der Waals surface area contributed by atoms with Crippen molar-refractivity contribution in [1.82, 2.24) is 10.2 Å². The summed E-state index contributed by atoms with van der Waals surface area (Å²) < 4.78 is 69.7. The van der Waals surface area contributed by atoms with Gasteiger partial charge in [0, 0.05) is 15.7 Å². The van der Waals surface area contributed by atoms with Gasteiger partial charge in [-0.1, -0.05) is 0 Å². The Hall–Kier alpha value is -1.98. The fourth-order valence-corrected chi connectivity index (χ4v) is 3.64. The number of hydrogen-bond donors (Lipinski definition) is 5. The Morgan fingerprint density at radius 1 is 1.09 bits per heavy atom. The zero-order chi connectivity index (χ0) is 23.9. The second-order valence-corrected chi connectivity index (χ2v) is 9.37. The minimum Gasteiger partial charge on any atom is -0.395 e. The summed E-state index contributed by atoms with van der Waals surface area (Å²) in [5, 5.41) is 19.8. The number of nitrogens with one attached hydrogen (secondary N) is 3. The third-order valence-corrected chi connectivity index (χ3v) is 5.89. The van der Waals surface area contributed by atoms with E-state index >= 15 is 0 Å². The van der Waals surface area contributed by atoms with Crippen molar-refractivity contribution in [2.24, 2.45) is 0 Å². The molecular formula is C18H19F3IN3O6S. The number of amides is 1. The van der Waals surface area contributed by atoms with Crippen LogP contribution in [0.2, 0.25) is 0 Å². The quantitative estimate of drug-likeness (QED) is 0.152. The van der Waals surface area contributed by atoms with Crippen molar-refractivity contribution in [2.75, 3.05) is 30.9 Å². The summed E-state index contributed by atoms with van der Waals surface area (Å²) >= 11 is 1.85. The fourth-order valence-electron chi connectivity index (χ4n) is 2.43. The summed E-state index contributed by atoms with van der Waals surface area (Å²) in [6.45, 7) is -2.14. The first kappa shape index (κ1) is 26.3. The van der Waals surface area contributed by atoms with E-state index in [1.807, 2.05) is 32.8 Å². The van der Waals surface area contributed by atoms with Gasteiger partial charge in [-0.15, -0.1) is 0 Å². The molecule has 0 heterocycles. The van der Waals surface area contributed by atoms with Crippen LogP contribution in [0.15, 0.2) is 24.3 Å². The summed E-state index contributed by atoms with van der Waals surface area (Å²) in [6, 6.07) is 4.75. The molecule has 0 aromatic heterocycles. The van der Waals surface area contributed by atoms with Crippen LogP contribution in [0.5, 0.6) is 0 Å². The normalized spacial score (nSPS) is 11.4. The molecule has 0 bridgehead atoms. The highest BCUT2D eigenvalue weighted by Gasteiger charge is 2.24. The Bertz CT molecular complexity index is 1090. The van der Waals surface area contributed by atoms with Gasteiger partial charge in [-0.3, -0.25) is 9.63 Å². The van der Waals surface area contributed by atoms with Crippen molar-refractivity contribution in [3.63, 3.8) is 0 Å². The molecular weight excluding hydrogens is 570 g/mol. The lowest BCUT2D eigenvalue weighted by atomic mass is 10.1. The number of anilines is 2. The lowest BCUT2D eigenvalue weighted by Gasteiger charge is -2.17. The van der Waals surface area contributed by atoms with E-state index in [4.69, 9.17) is 15.1 Å². The van der Waals surface area contributed by atoms with Crippen LogP contribution in [0.25, 0.3) is 0 Å². The minimum atomic E-state index is -3.99. The van der Waals surface area contributed by atoms with Gasteiger partial charge in [-0.05, 0) is 46.9 Å². The monoisotopic (exact) mass is 589 g/mol. The lowest BCUT2D eigenvalue weighted by Crippen LogP contribution is -2.29. The number of rotatable bonds is 11. The number of sulfonamides is 1. The molecule has 2 rings (SSSR count). The third-order valence-electron chi connectivity index (χ3n) is 3.92. The third kappa shape index (κ3) is 7.01. The van der Waals surface area contributed by atoms with Crippen LogP contribution in [0.1, 0.15) is 15.9 Å². The molecule has 0 aliphatic heterocycles. The molecule has 0 saturated heterocycles. The Labute approximate surface area is 195 Å². The molecule has 9 nitrogen and oxygen atoms in total. The molecule has 176 valence electrons. The molecule has 0 fully saturated rings. The van der Waals surface area contributed by atoms with Crippen LogP contribution in [-0.4, -0.2) is 50.1 Å². The SMILES string of the molecule is O=C(NOCCO)c1cc(CNS(=O)(=O)CCO)c(F)c(F)c1Nc1ccc(I)cc1F. The molecule has 2 aromatic carbocycles. The van der Waals surface area contributed by atoms with Crippen LogP contribution < -0.4 is 15.5 Å². The van der Waals surface area contributed by atoms with Crippen LogP contribution in [0, 0.1) is 21.0 Å². The summed E-state index contributed by atoms with van der Waals surface area (Å²) in [6.07, 6.45) is 0. The van der Waals surface area contributed by atoms with E-state index in [-0.39, 0.29) is 12.3 Å². The van der Waals surface area contributed by atoms with Crippen molar-refractivity contribution in [3.8, 4) is 0 Å². The summed E-state index contributed by atoms with van der Waals surface area (Å²) in [4.78, 5) is 17.2. The molecule has 32 heavy (non-hydrogen) atoms. The Balaban J connectivity index is 2.48. The van der Waals surface area contributed by atoms with E-state index in [1.165, 1.54) is 12.1 Å². The highest BCUT2D eigenvalue weighted by atomic mass is 127. The highest BCUT2D eigenvalue weighted by molar-refractivity contribution is 14.1. The van der Waals surface area contributed by atoms with E-state index in [9.17, 15) is 26.4 Å². The number of aliphatic hydroxyl groups excluding tert-OH is 2. The van der Waals surface area contributed by atoms with Gasteiger partial charge >= 0.3 is 0 Å². The fraction of sp³-hybridized carbons (Fsp3) is 0.278. The zero-order valence-corrected chi connectivity index (χ0v) is 19.3. The second kappa shape index (κ2) is 11.8. The van der Waals surface area contributed by atoms with Crippen LogP contribution in [0.4, 0.5) is 24.5 Å². The number of carbonyl (C=O) groups excluding carboxylic acids is 1. The van der Waals surface area contributed by atoms with E-state index in [1.54, 1.807) is 0 Å². The van der Waals surface area contributed by atoms with E-state index in [0.29, 0.717) is 3.57 Å². The highest BCUT2D eigenvalue weighted by Crippen LogP contribution is 2.30. The van der Waals surface area contributed by atoms with Gasteiger partial charge in [0.25, 0.3) is 5.91 Å². The average molecular weight is 589 g/mol. The van der Waals surface area contributed by atoms with Crippen molar-refractivity contribution in [2.45, 2.75) is 6.54 Å². The second-order valence-electron chi connectivity index (χ2n) is 6.20. The summed E-state index contributed by atoms with van der Waals surface area (Å²) in [5.41, 5.74) is -0.0773. The zero-order valence-electron chi connectivity index (χ0n) is 16.3. The molecule has 0 spiro atoms.